The number of rotatable bonds is 6. The Labute approximate surface area is 124 Å². The Balaban J connectivity index is 2.56. The van der Waals surface area contributed by atoms with Crippen molar-refractivity contribution in [3.05, 3.63) is 41.6 Å². The van der Waals surface area contributed by atoms with E-state index in [1.54, 1.807) is 0 Å². The zero-order chi connectivity index (χ0) is 15.6. The summed E-state index contributed by atoms with van der Waals surface area (Å²) in [6.07, 6.45) is 2.22. The maximum atomic E-state index is 11.3. The van der Waals surface area contributed by atoms with Crippen LogP contribution >= 0.6 is 0 Å². The maximum Gasteiger partial charge on any atom is 0.321 e. The number of carboxylic acid groups (broad SMARTS) is 1. The molecule has 1 aromatic heterocycles. The van der Waals surface area contributed by atoms with Crippen LogP contribution in [0.15, 0.2) is 24.8 Å². The van der Waals surface area contributed by atoms with Crippen LogP contribution in [0.5, 0.6) is 0 Å². The van der Waals surface area contributed by atoms with Crippen LogP contribution in [0.25, 0.3) is 17.0 Å². The molecule has 4 N–H and O–H groups in total. The van der Waals surface area contributed by atoms with Gasteiger partial charge in [0.25, 0.3) is 0 Å². The molecule has 5 heteroatoms. The van der Waals surface area contributed by atoms with Crippen molar-refractivity contribution >= 4 is 22.9 Å². The van der Waals surface area contributed by atoms with Gasteiger partial charge in [0.05, 0.1) is 5.52 Å². The Morgan fingerprint density at radius 1 is 1.57 bits per heavy atom. The fourth-order valence-electron chi connectivity index (χ4n) is 2.76. The van der Waals surface area contributed by atoms with E-state index in [0.717, 1.165) is 27.7 Å². The van der Waals surface area contributed by atoms with Gasteiger partial charge in [-0.25, -0.2) is 0 Å². The van der Waals surface area contributed by atoms with Crippen molar-refractivity contribution in [2.75, 3.05) is 6.67 Å². The van der Waals surface area contributed by atoms with Gasteiger partial charge in [0.15, 0.2) is 0 Å². The highest BCUT2D eigenvalue weighted by Crippen LogP contribution is 2.29. The summed E-state index contributed by atoms with van der Waals surface area (Å²) in [6.45, 7) is 5.98. The molecule has 2 rings (SSSR count). The first-order valence-corrected chi connectivity index (χ1v) is 6.86. The summed E-state index contributed by atoms with van der Waals surface area (Å²) in [5.41, 5.74) is 9.65. The lowest BCUT2D eigenvalue weighted by molar-refractivity contribution is -0.139. The van der Waals surface area contributed by atoms with Gasteiger partial charge >= 0.3 is 5.97 Å². The molecule has 112 valence electrons. The van der Waals surface area contributed by atoms with Crippen LogP contribution in [0.2, 0.25) is 0 Å². The molecule has 0 spiro atoms. The van der Waals surface area contributed by atoms with Crippen LogP contribution in [0.1, 0.15) is 16.8 Å². The number of fused-ring (bicyclic) bond motifs is 1. The van der Waals surface area contributed by atoms with Crippen LogP contribution in [0, 0.1) is 6.92 Å². The summed E-state index contributed by atoms with van der Waals surface area (Å²) in [5, 5.41) is 13.2. The second kappa shape index (κ2) is 6.11. The molecule has 21 heavy (non-hydrogen) atoms. The second-order valence-electron chi connectivity index (χ2n) is 5.07. The maximum absolute atomic E-state index is 11.3. The number of nitrogens with zero attached hydrogens (tertiary/aromatic N) is 1. The third-order valence-electron chi connectivity index (χ3n) is 3.96. The molecule has 0 aliphatic rings. The number of hydrogen-bond acceptors (Lipinski definition) is 3. The monoisotopic (exact) mass is 287 g/mol. The molecule has 0 saturated carbocycles. The highest BCUT2D eigenvalue weighted by molar-refractivity contribution is 5.92. The summed E-state index contributed by atoms with van der Waals surface area (Å²) < 4.78 is 2.09. The minimum atomic E-state index is -0.892. The Morgan fingerprint density at radius 3 is 2.86 bits per heavy atom. The average molecular weight is 287 g/mol. The third-order valence-corrected chi connectivity index (χ3v) is 3.96. The minimum Gasteiger partial charge on any atom is -0.480 e. The van der Waals surface area contributed by atoms with E-state index >= 15 is 0 Å². The standard InChI is InChI=1S/C16H21N3O2/c1-4-11-6-5-7-12-13(10(2)19(3)15(11)12)8-14(16(20)21)18-9-17/h4-7,14,18H,1,8-9,17H2,2-3H3,(H,20,21). The Hall–Kier alpha value is -2.11. The molecule has 5 nitrogen and oxygen atoms in total. The van der Waals surface area contributed by atoms with E-state index in [2.05, 4.69) is 16.5 Å². The molecule has 0 amide bonds. The van der Waals surface area contributed by atoms with E-state index in [0.29, 0.717) is 6.42 Å². The van der Waals surface area contributed by atoms with Crippen LogP contribution < -0.4 is 11.1 Å². The number of aliphatic carboxylic acids is 1. The largest absolute Gasteiger partial charge is 0.480 e. The lowest BCUT2D eigenvalue weighted by Crippen LogP contribution is -2.41. The van der Waals surface area contributed by atoms with E-state index < -0.39 is 12.0 Å². The van der Waals surface area contributed by atoms with E-state index in [1.165, 1.54) is 0 Å². The number of carbonyl (C=O) groups is 1. The minimum absolute atomic E-state index is 0.138. The Kier molecular flexibility index (Phi) is 4.45. The van der Waals surface area contributed by atoms with Crippen LogP contribution in [-0.2, 0) is 18.3 Å². The smallest absolute Gasteiger partial charge is 0.321 e. The first-order chi connectivity index (χ1) is 10.0. The number of benzene rings is 1. The quantitative estimate of drug-likeness (QED) is 0.705. The van der Waals surface area contributed by atoms with E-state index in [1.807, 2.05) is 38.2 Å². The SMILES string of the molecule is C=Cc1cccc2c(CC(NCN)C(=O)O)c(C)n(C)c12. The number of para-hydroxylation sites is 1. The molecule has 1 aromatic carbocycles. The number of nitrogens with two attached hydrogens (primary N) is 1. The molecular formula is C16H21N3O2. The number of nitrogens with one attached hydrogen (secondary N) is 1. The van der Waals surface area contributed by atoms with Gasteiger partial charge in [-0.1, -0.05) is 30.9 Å². The van der Waals surface area contributed by atoms with Gasteiger partial charge in [0.1, 0.15) is 6.04 Å². The van der Waals surface area contributed by atoms with Crippen molar-refractivity contribution in [2.45, 2.75) is 19.4 Å². The molecule has 1 heterocycles. The molecular weight excluding hydrogens is 266 g/mol. The molecule has 0 saturated heterocycles. The van der Waals surface area contributed by atoms with Crippen LogP contribution in [0.3, 0.4) is 0 Å². The van der Waals surface area contributed by atoms with Gasteiger partial charge in [-0.15, -0.1) is 0 Å². The fraction of sp³-hybridized carbons (Fsp3) is 0.312. The summed E-state index contributed by atoms with van der Waals surface area (Å²) >= 11 is 0. The first kappa shape index (κ1) is 15.3. The lowest BCUT2D eigenvalue weighted by atomic mass is 10.0. The van der Waals surface area contributed by atoms with Crippen LogP contribution in [-0.4, -0.2) is 28.4 Å². The zero-order valence-electron chi connectivity index (χ0n) is 12.4. The van der Waals surface area contributed by atoms with Gasteiger partial charge in [0, 0.05) is 31.2 Å². The lowest BCUT2D eigenvalue weighted by Gasteiger charge is -2.13. The van der Waals surface area contributed by atoms with Crippen molar-refractivity contribution < 1.29 is 9.90 Å². The van der Waals surface area contributed by atoms with Gasteiger partial charge in [-0.2, -0.15) is 0 Å². The summed E-state index contributed by atoms with van der Waals surface area (Å²) in [5.74, 6) is -0.892. The average Bonchev–Trinajstić information content (AvgIpc) is 2.71. The van der Waals surface area contributed by atoms with E-state index in [-0.39, 0.29) is 6.67 Å². The van der Waals surface area contributed by atoms with Gasteiger partial charge < -0.3 is 15.4 Å². The van der Waals surface area contributed by atoms with Crippen LogP contribution in [0.4, 0.5) is 0 Å². The van der Waals surface area contributed by atoms with Crippen molar-refractivity contribution in [3.63, 3.8) is 0 Å². The van der Waals surface area contributed by atoms with E-state index in [4.69, 9.17) is 5.73 Å². The number of carboxylic acids is 1. The summed E-state index contributed by atoms with van der Waals surface area (Å²) in [4.78, 5) is 11.3. The van der Waals surface area contributed by atoms with Gasteiger partial charge in [-0.05, 0) is 18.1 Å². The van der Waals surface area contributed by atoms with Crippen molar-refractivity contribution in [3.8, 4) is 0 Å². The Bertz CT molecular complexity index is 688. The molecule has 2 aromatic rings. The van der Waals surface area contributed by atoms with Crippen molar-refractivity contribution in [1.29, 1.82) is 0 Å². The number of aromatic nitrogens is 1. The Morgan fingerprint density at radius 2 is 2.29 bits per heavy atom. The predicted octanol–water partition coefficient (Wildman–Crippen LogP) is 1.63. The zero-order valence-corrected chi connectivity index (χ0v) is 12.4. The van der Waals surface area contributed by atoms with E-state index in [9.17, 15) is 9.90 Å². The molecule has 0 fully saturated rings. The normalized spacial score (nSPS) is 12.5. The van der Waals surface area contributed by atoms with Gasteiger partial charge in [-0.3, -0.25) is 10.1 Å². The topological polar surface area (TPSA) is 80.3 Å². The second-order valence-corrected chi connectivity index (χ2v) is 5.07. The van der Waals surface area contributed by atoms with Crippen molar-refractivity contribution in [1.82, 2.24) is 9.88 Å². The molecule has 0 bridgehead atoms. The molecule has 1 atom stereocenters. The highest BCUT2D eigenvalue weighted by Gasteiger charge is 2.21. The summed E-state index contributed by atoms with van der Waals surface area (Å²) in [6, 6.07) is 5.30. The molecule has 1 unspecified atom stereocenters. The first-order valence-electron chi connectivity index (χ1n) is 6.86. The molecule has 0 aliphatic carbocycles. The van der Waals surface area contributed by atoms with Gasteiger partial charge in [0.2, 0.25) is 0 Å². The number of hydrogen-bond donors (Lipinski definition) is 3. The van der Waals surface area contributed by atoms with Crippen molar-refractivity contribution in [2.24, 2.45) is 12.8 Å². The third kappa shape index (κ3) is 2.70. The molecule has 0 radical (unpaired) electrons. The molecule has 0 aliphatic heterocycles. The fourth-order valence-corrected chi connectivity index (χ4v) is 2.76. The summed E-state index contributed by atoms with van der Waals surface area (Å²) in [7, 11) is 1.99. The highest BCUT2D eigenvalue weighted by atomic mass is 16.4. The number of aryl methyl sites for hydroxylation is 1. The predicted molar refractivity (Wildman–Crippen MR) is 85.1 cm³/mol.